The van der Waals surface area contributed by atoms with Gasteiger partial charge in [-0.05, 0) is 41.5 Å². The zero-order chi connectivity index (χ0) is 18.6. The van der Waals surface area contributed by atoms with Gasteiger partial charge in [-0.2, -0.15) is 4.99 Å². The highest BCUT2D eigenvalue weighted by molar-refractivity contribution is 6.30. The smallest absolute Gasteiger partial charge is 0.271 e. The van der Waals surface area contributed by atoms with E-state index in [1.54, 1.807) is 18.2 Å². The predicted molar refractivity (Wildman–Crippen MR) is 110 cm³/mol. The van der Waals surface area contributed by atoms with Crippen molar-refractivity contribution < 1.29 is 4.79 Å². The molecule has 4 rings (SSSR count). The number of amidine groups is 2. The van der Waals surface area contributed by atoms with E-state index in [-0.39, 0.29) is 5.91 Å². The van der Waals surface area contributed by atoms with Gasteiger partial charge in [0.25, 0.3) is 5.91 Å². The van der Waals surface area contributed by atoms with Crippen molar-refractivity contribution in [3.05, 3.63) is 101 Å². The number of nitrogens with zero attached hydrogens (tertiary/aromatic N) is 3. The van der Waals surface area contributed by atoms with Crippen LogP contribution in [0.1, 0.15) is 16.7 Å². The topological polar surface area (TPSA) is 45.0 Å². The van der Waals surface area contributed by atoms with E-state index in [4.69, 9.17) is 11.6 Å². The minimum atomic E-state index is -0.358. The Hall–Kier alpha value is -3.24. The fourth-order valence-corrected chi connectivity index (χ4v) is 3.03. The molecule has 1 amide bonds. The molecule has 5 heteroatoms. The third-order valence-corrected chi connectivity index (χ3v) is 4.49. The highest BCUT2D eigenvalue weighted by atomic mass is 35.5. The summed E-state index contributed by atoms with van der Waals surface area (Å²) in [5.74, 6) is 0.832. The molecule has 27 heavy (non-hydrogen) atoms. The first-order valence-corrected chi connectivity index (χ1v) is 8.92. The SMILES string of the molecule is O=C(C=Cc1ccc(Cl)cc1)N=C1N=C2C=CC=CN2Cc2ccccc21. The minimum Gasteiger partial charge on any atom is -0.329 e. The van der Waals surface area contributed by atoms with Crippen LogP contribution in [0.4, 0.5) is 0 Å². The van der Waals surface area contributed by atoms with Crippen LogP contribution in [0.5, 0.6) is 0 Å². The van der Waals surface area contributed by atoms with E-state index in [1.807, 2.05) is 65.7 Å². The number of allylic oxidation sites excluding steroid dienone is 2. The fourth-order valence-electron chi connectivity index (χ4n) is 2.90. The van der Waals surface area contributed by atoms with Gasteiger partial charge in [0.05, 0.1) is 0 Å². The van der Waals surface area contributed by atoms with Crippen molar-refractivity contribution in [3.8, 4) is 0 Å². The van der Waals surface area contributed by atoms with Crippen molar-refractivity contribution in [2.75, 3.05) is 0 Å². The van der Waals surface area contributed by atoms with Gasteiger partial charge in [0.2, 0.25) is 0 Å². The molecular formula is C22H16ClN3O. The second-order valence-electron chi connectivity index (χ2n) is 6.11. The number of aliphatic imine (C=N–C) groups is 2. The maximum Gasteiger partial charge on any atom is 0.271 e. The summed E-state index contributed by atoms with van der Waals surface area (Å²) < 4.78 is 0. The standard InChI is InChI=1S/C22H16ClN3O/c23-18-11-8-16(9-12-18)10-13-21(27)25-22-19-6-2-1-5-17(19)15-26-14-4-3-7-20(26)24-22/h1-14H,15H2. The number of rotatable bonds is 2. The summed E-state index contributed by atoms with van der Waals surface area (Å²) in [5, 5.41) is 0.656. The first kappa shape index (κ1) is 17.2. The summed E-state index contributed by atoms with van der Waals surface area (Å²) >= 11 is 5.88. The van der Waals surface area contributed by atoms with Gasteiger partial charge in [0.1, 0.15) is 5.84 Å². The van der Waals surface area contributed by atoms with Gasteiger partial charge in [-0.1, -0.05) is 54.1 Å². The molecule has 0 fully saturated rings. The van der Waals surface area contributed by atoms with Crippen molar-refractivity contribution in [2.45, 2.75) is 6.54 Å². The Labute approximate surface area is 162 Å². The molecule has 2 aromatic rings. The van der Waals surface area contributed by atoms with E-state index in [2.05, 4.69) is 9.98 Å². The van der Waals surface area contributed by atoms with Crippen LogP contribution < -0.4 is 0 Å². The Morgan fingerprint density at radius 3 is 2.78 bits per heavy atom. The fraction of sp³-hybridized carbons (Fsp3) is 0.0455. The lowest BCUT2D eigenvalue weighted by Gasteiger charge is -2.20. The molecule has 0 bridgehead atoms. The summed E-state index contributed by atoms with van der Waals surface area (Å²) in [6.07, 6.45) is 10.9. The number of carbonyl (C=O) groups is 1. The Morgan fingerprint density at radius 2 is 1.93 bits per heavy atom. The number of benzene rings is 2. The summed E-state index contributed by atoms with van der Waals surface area (Å²) in [4.78, 5) is 23.3. The lowest BCUT2D eigenvalue weighted by molar-refractivity contribution is -0.113. The first-order chi connectivity index (χ1) is 13.2. The second kappa shape index (κ2) is 7.56. The molecular weight excluding hydrogens is 358 g/mol. The van der Waals surface area contributed by atoms with Crippen molar-refractivity contribution in [2.24, 2.45) is 9.98 Å². The molecule has 0 aromatic heterocycles. The quantitative estimate of drug-likeness (QED) is 0.721. The molecule has 0 unspecified atom stereocenters. The molecule has 2 aliphatic rings. The number of carbonyl (C=O) groups excluding carboxylic acids is 1. The summed E-state index contributed by atoms with van der Waals surface area (Å²) in [6, 6.07) is 15.1. The molecule has 0 saturated heterocycles. The van der Waals surface area contributed by atoms with E-state index in [0.717, 1.165) is 22.5 Å². The third-order valence-electron chi connectivity index (χ3n) is 4.24. The van der Waals surface area contributed by atoms with E-state index >= 15 is 0 Å². The Balaban J connectivity index is 1.67. The Morgan fingerprint density at radius 1 is 1.11 bits per heavy atom. The third kappa shape index (κ3) is 3.96. The van der Waals surface area contributed by atoms with Gasteiger partial charge in [0, 0.05) is 29.4 Å². The van der Waals surface area contributed by atoms with Gasteiger partial charge in [-0.25, -0.2) is 4.99 Å². The maximum atomic E-state index is 12.4. The second-order valence-corrected chi connectivity index (χ2v) is 6.55. The number of fused-ring (bicyclic) bond motifs is 2. The molecule has 0 saturated carbocycles. The molecule has 2 aromatic carbocycles. The predicted octanol–water partition coefficient (Wildman–Crippen LogP) is 4.62. The number of halogens is 1. The Bertz CT molecular complexity index is 1030. The largest absolute Gasteiger partial charge is 0.329 e. The number of hydrogen-bond donors (Lipinski definition) is 0. The number of hydrogen-bond acceptors (Lipinski definition) is 2. The van der Waals surface area contributed by atoms with Crippen molar-refractivity contribution in [1.82, 2.24) is 4.90 Å². The zero-order valence-corrected chi connectivity index (χ0v) is 15.2. The summed E-state index contributed by atoms with van der Waals surface area (Å²) in [7, 11) is 0. The molecule has 0 N–H and O–H groups in total. The van der Waals surface area contributed by atoms with E-state index < -0.39 is 0 Å². The van der Waals surface area contributed by atoms with E-state index in [1.165, 1.54) is 6.08 Å². The van der Waals surface area contributed by atoms with E-state index in [0.29, 0.717) is 17.4 Å². The average molecular weight is 374 g/mol. The molecule has 4 nitrogen and oxygen atoms in total. The van der Waals surface area contributed by atoms with Crippen LogP contribution in [-0.4, -0.2) is 22.5 Å². The Kier molecular flexibility index (Phi) is 4.81. The normalized spacial score (nSPS) is 16.9. The zero-order valence-electron chi connectivity index (χ0n) is 14.4. The monoisotopic (exact) mass is 373 g/mol. The summed E-state index contributed by atoms with van der Waals surface area (Å²) in [6.45, 7) is 0.684. The van der Waals surface area contributed by atoms with Gasteiger partial charge in [-0.3, -0.25) is 4.79 Å². The molecule has 2 aliphatic heterocycles. The molecule has 132 valence electrons. The highest BCUT2D eigenvalue weighted by Crippen LogP contribution is 2.20. The lowest BCUT2D eigenvalue weighted by Crippen LogP contribution is -2.24. The van der Waals surface area contributed by atoms with Crippen LogP contribution >= 0.6 is 11.6 Å². The van der Waals surface area contributed by atoms with Crippen molar-refractivity contribution in [3.63, 3.8) is 0 Å². The molecule has 0 atom stereocenters. The first-order valence-electron chi connectivity index (χ1n) is 8.54. The van der Waals surface area contributed by atoms with Crippen molar-refractivity contribution in [1.29, 1.82) is 0 Å². The van der Waals surface area contributed by atoms with Gasteiger partial charge in [-0.15, -0.1) is 0 Å². The minimum absolute atomic E-state index is 0.358. The van der Waals surface area contributed by atoms with Crippen LogP contribution in [-0.2, 0) is 11.3 Å². The van der Waals surface area contributed by atoms with Crippen LogP contribution in [0.25, 0.3) is 6.08 Å². The van der Waals surface area contributed by atoms with Crippen LogP contribution in [0.15, 0.2) is 89.0 Å². The molecule has 0 radical (unpaired) electrons. The lowest BCUT2D eigenvalue weighted by atomic mass is 10.1. The van der Waals surface area contributed by atoms with Gasteiger partial charge < -0.3 is 4.90 Å². The van der Waals surface area contributed by atoms with Crippen LogP contribution in [0.2, 0.25) is 5.02 Å². The van der Waals surface area contributed by atoms with Crippen LogP contribution in [0, 0.1) is 0 Å². The molecule has 2 heterocycles. The van der Waals surface area contributed by atoms with Gasteiger partial charge in [0.15, 0.2) is 5.84 Å². The summed E-state index contributed by atoms with van der Waals surface area (Å²) in [5.41, 5.74) is 2.82. The van der Waals surface area contributed by atoms with Crippen LogP contribution in [0.3, 0.4) is 0 Å². The van der Waals surface area contributed by atoms with E-state index in [9.17, 15) is 4.79 Å². The molecule has 0 aliphatic carbocycles. The molecule has 0 spiro atoms. The number of amides is 1. The van der Waals surface area contributed by atoms with Gasteiger partial charge >= 0.3 is 0 Å². The average Bonchev–Trinajstić information content (AvgIpc) is 2.84. The highest BCUT2D eigenvalue weighted by Gasteiger charge is 2.20. The van der Waals surface area contributed by atoms with Crippen molar-refractivity contribution >= 4 is 35.3 Å². The maximum absolute atomic E-state index is 12.4.